The highest BCUT2D eigenvalue weighted by Crippen LogP contribution is 2.31. The predicted octanol–water partition coefficient (Wildman–Crippen LogP) is 6.11. The zero-order chi connectivity index (χ0) is 28.3. The van der Waals surface area contributed by atoms with Crippen LogP contribution >= 0.6 is 34.8 Å². The third-order valence-electron chi connectivity index (χ3n) is 6.13. The molecule has 4 aromatic rings. The Balaban J connectivity index is 1.56. The topological polar surface area (TPSA) is 134 Å². The van der Waals surface area contributed by atoms with E-state index in [0.717, 1.165) is 22.2 Å². The molecule has 1 amide bonds. The van der Waals surface area contributed by atoms with Crippen molar-refractivity contribution >= 4 is 67.3 Å². The van der Waals surface area contributed by atoms with Crippen molar-refractivity contribution in [3.8, 4) is 0 Å². The number of nitro benzene ring substituents is 1. The Morgan fingerprint density at radius 1 is 1.05 bits per heavy atom. The molecule has 0 bridgehead atoms. The third-order valence-corrected chi connectivity index (χ3v) is 8.33. The van der Waals surface area contributed by atoms with Crippen LogP contribution in [0.15, 0.2) is 65.6 Å². The van der Waals surface area contributed by atoms with Crippen LogP contribution in [0, 0.1) is 17.0 Å². The molecule has 3 aromatic carbocycles. The summed E-state index contributed by atoms with van der Waals surface area (Å²) >= 11 is 18.3. The van der Waals surface area contributed by atoms with Crippen molar-refractivity contribution in [2.24, 2.45) is 0 Å². The van der Waals surface area contributed by atoms with Gasteiger partial charge < -0.3 is 10.3 Å². The summed E-state index contributed by atoms with van der Waals surface area (Å²) in [6.07, 6.45) is 0.0657. The molecule has 204 valence electrons. The first-order valence-electron chi connectivity index (χ1n) is 11.7. The molecule has 0 aliphatic heterocycles. The van der Waals surface area contributed by atoms with E-state index in [4.69, 9.17) is 34.8 Å². The fourth-order valence-electron chi connectivity index (χ4n) is 4.40. The van der Waals surface area contributed by atoms with Crippen LogP contribution in [0.1, 0.15) is 29.3 Å². The van der Waals surface area contributed by atoms with Gasteiger partial charge in [0.25, 0.3) is 5.69 Å². The number of carbonyl (C=O) groups is 1. The van der Waals surface area contributed by atoms with E-state index in [1.54, 1.807) is 6.07 Å². The molecule has 1 heterocycles. The van der Waals surface area contributed by atoms with Gasteiger partial charge in [0.2, 0.25) is 15.9 Å². The summed E-state index contributed by atoms with van der Waals surface area (Å²) in [5, 5.41) is 16.1. The fraction of sp³-hybridized carbons (Fsp3) is 0.192. The molecule has 9 nitrogen and oxygen atoms in total. The molecule has 0 aliphatic carbocycles. The van der Waals surface area contributed by atoms with E-state index in [0.29, 0.717) is 11.4 Å². The summed E-state index contributed by atoms with van der Waals surface area (Å²) in [5.74, 6) is -0.506. The third kappa shape index (κ3) is 6.71. The fourth-order valence-corrected chi connectivity index (χ4v) is 6.63. The SMILES string of the molecule is Cc1[nH]c2cccc(Cl)c2c1CCNC(=O)CC(NS(=O)(=O)c1cc(Cl)cc(Cl)c1)c1ccccc1[N+](=O)[O-]. The average molecular weight is 610 g/mol. The highest BCUT2D eigenvalue weighted by molar-refractivity contribution is 7.89. The Morgan fingerprint density at radius 2 is 1.74 bits per heavy atom. The number of aryl methyl sites for hydroxylation is 1. The van der Waals surface area contributed by atoms with Gasteiger partial charge in [0.05, 0.1) is 20.9 Å². The lowest BCUT2D eigenvalue weighted by atomic mass is 10.0. The highest BCUT2D eigenvalue weighted by Gasteiger charge is 2.29. The number of hydrogen-bond donors (Lipinski definition) is 3. The van der Waals surface area contributed by atoms with Crippen molar-refractivity contribution in [3.05, 3.63) is 103 Å². The van der Waals surface area contributed by atoms with E-state index in [-0.39, 0.29) is 32.7 Å². The normalized spacial score (nSPS) is 12.4. The molecule has 39 heavy (non-hydrogen) atoms. The highest BCUT2D eigenvalue weighted by atomic mass is 35.5. The van der Waals surface area contributed by atoms with E-state index >= 15 is 0 Å². The molecule has 0 fully saturated rings. The second-order valence-electron chi connectivity index (χ2n) is 8.79. The molecule has 0 aliphatic rings. The Labute approximate surface area is 239 Å². The van der Waals surface area contributed by atoms with Crippen LogP contribution in [0.25, 0.3) is 10.9 Å². The van der Waals surface area contributed by atoms with Crippen LogP contribution in [-0.2, 0) is 21.2 Å². The number of para-hydroxylation sites is 1. The van der Waals surface area contributed by atoms with Crippen LogP contribution < -0.4 is 10.0 Å². The van der Waals surface area contributed by atoms with Gasteiger partial charge in [-0.1, -0.05) is 59.1 Å². The van der Waals surface area contributed by atoms with Crippen molar-refractivity contribution in [2.75, 3.05) is 6.54 Å². The molecular weight excluding hydrogens is 587 g/mol. The summed E-state index contributed by atoms with van der Waals surface area (Å²) in [4.78, 5) is 27.1. The first-order valence-corrected chi connectivity index (χ1v) is 14.3. The number of carbonyl (C=O) groups excluding carboxylic acids is 1. The maximum absolute atomic E-state index is 13.2. The zero-order valence-electron chi connectivity index (χ0n) is 20.5. The first kappa shape index (κ1) is 28.8. The minimum absolute atomic E-state index is 0.0357. The van der Waals surface area contributed by atoms with Gasteiger partial charge in [-0.05, 0) is 49.2 Å². The summed E-state index contributed by atoms with van der Waals surface area (Å²) in [6, 6.07) is 13.7. The van der Waals surface area contributed by atoms with Gasteiger partial charge in [-0.2, -0.15) is 0 Å². The predicted molar refractivity (Wildman–Crippen MR) is 152 cm³/mol. The number of nitro groups is 1. The number of hydrogen-bond acceptors (Lipinski definition) is 5. The second-order valence-corrected chi connectivity index (χ2v) is 11.8. The lowest BCUT2D eigenvalue weighted by Gasteiger charge is -2.19. The maximum Gasteiger partial charge on any atom is 0.274 e. The minimum Gasteiger partial charge on any atom is -0.358 e. The number of aromatic amines is 1. The first-order chi connectivity index (χ1) is 18.5. The molecule has 1 aromatic heterocycles. The number of benzene rings is 3. The Morgan fingerprint density at radius 3 is 2.44 bits per heavy atom. The number of fused-ring (bicyclic) bond motifs is 1. The van der Waals surface area contributed by atoms with Gasteiger partial charge in [-0.15, -0.1) is 0 Å². The van der Waals surface area contributed by atoms with Crippen LogP contribution in [0.4, 0.5) is 5.69 Å². The molecule has 0 saturated heterocycles. The number of aromatic nitrogens is 1. The average Bonchev–Trinajstić information content (AvgIpc) is 3.19. The maximum atomic E-state index is 13.2. The quantitative estimate of drug-likeness (QED) is 0.147. The molecule has 13 heteroatoms. The van der Waals surface area contributed by atoms with E-state index in [1.807, 2.05) is 19.1 Å². The Hall–Kier alpha value is -3.15. The van der Waals surface area contributed by atoms with Gasteiger partial charge in [0, 0.05) is 51.2 Å². The molecule has 0 spiro atoms. The lowest BCUT2D eigenvalue weighted by molar-refractivity contribution is -0.385. The largest absolute Gasteiger partial charge is 0.358 e. The summed E-state index contributed by atoms with van der Waals surface area (Å²) in [6.45, 7) is 2.15. The van der Waals surface area contributed by atoms with Crippen molar-refractivity contribution in [1.29, 1.82) is 0 Å². The van der Waals surface area contributed by atoms with Gasteiger partial charge in [-0.25, -0.2) is 13.1 Å². The number of halogens is 3. The molecule has 0 saturated carbocycles. The molecular formula is C26H23Cl3N4O5S. The monoisotopic (exact) mass is 608 g/mol. The van der Waals surface area contributed by atoms with E-state index < -0.39 is 33.3 Å². The summed E-state index contributed by atoms with van der Waals surface area (Å²) in [5.41, 5.74) is 2.45. The summed E-state index contributed by atoms with van der Waals surface area (Å²) in [7, 11) is -4.27. The molecule has 4 rings (SSSR count). The number of nitrogens with one attached hydrogen (secondary N) is 3. The van der Waals surface area contributed by atoms with Crippen LogP contribution in [0.5, 0.6) is 0 Å². The van der Waals surface area contributed by atoms with Gasteiger partial charge in [-0.3, -0.25) is 14.9 Å². The van der Waals surface area contributed by atoms with Crippen molar-refractivity contribution < 1.29 is 18.1 Å². The smallest absolute Gasteiger partial charge is 0.274 e. The Bertz CT molecular complexity index is 1650. The zero-order valence-corrected chi connectivity index (χ0v) is 23.6. The van der Waals surface area contributed by atoms with Crippen LogP contribution in [0.3, 0.4) is 0 Å². The molecule has 3 N–H and O–H groups in total. The van der Waals surface area contributed by atoms with Crippen molar-refractivity contribution in [3.63, 3.8) is 0 Å². The number of H-pyrrole nitrogens is 1. The number of sulfonamides is 1. The van der Waals surface area contributed by atoms with Crippen LogP contribution in [-0.4, -0.2) is 30.8 Å². The Kier molecular flexibility index (Phi) is 8.83. The van der Waals surface area contributed by atoms with Crippen molar-refractivity contribution in [1.82, 2.24) is 15.0 Å². The molecule has 1 unspecified atom stereocenters. The number of amides is 1. The minimum atomic E-state index is -4.27. The standard InChI is InChI=1S/C26H23Cl3N4O5S/c1-15-19(26-21(29)6-4-7-22(26)31-15)9-10-30-25(34)14-23(20-5-2-3-8-24(20)33(35)36)32-39(37,38)18-12-16(27)11-17(28)13-18/h2-8,11-13,23,31-32H,9-10,14H2,1H3,(H,30,34). The van der Waals surface area contributed by atoms with E-state index in [1.165, 1.54) is 42.5 Å². The second kappa shape index (κ2) is 11.9. The molecule has 0 radical (unpaired) electrons. The van der Waals surface area contributed by atoms with Crippen molar-refractivity contribution in [2.45, 2.75) is 30.7 Å². The van der Waals surface area contributed by atoms with Gasteiger partial charge in [0.15, 0.2) is 0 Å². The number of nitrogens with zero attached hydrogens (tertiary/aromatic N) is 1. The number of rotatable bonds is 10. The van der Waals surface area contributed by atoms with Crippen LogP contribution in [0.2, 0.25) is 15.1 Å². The lowest BCUT2D eigenvalue weighted by Crippen LogP contribution is -2.34. The van der Waals surface area contributed by atoms with E-state index in [2.05, 4.69) is 15.0 Å². The summed E-state index contributed by atoms with van der Waals surface area (Å²) < 4.78 is 28.8. The van der Waals surface area contributed by atoms with Gasteiger partial charge >= 0.3 is 0 Å². The van der Waals surface area contributed by atoms with Gasteiger partial charge in [0.1, 0.15) is 0 Å². The molecule has 1 atom stereocenters. The van der Waals surface area contributed by atoms with E-state index in [9.17, 15) is 23.3 Å².